The monoisotopic (exact) mass is 262 g/mol. The van der Waals surface area contributed by atoms with Crippen molar-refractivity contribution >= 4 is 12.4 Å². The molecule has 1 aromatic carbocycles. The summed E-state index contributed by atoms with van der Waals surface area (Å²) >= 11 is 0. The van der Waals surface area contributed by atoms with Crippen molar-refractivity contribution in [1.82, 2.24) is 0 Å². The number of benzene rings is 1. The van der Waals surface area contributed by atoms with Crippen molar-refractivity contribution in [2.24, 2.45) is 11.5 Å². The van der Waals surface area contributed by atoms with Crippen LogP contribution in [-0.2, 0) is 0 Å². The molecule has 98 valence electrons. The van der Waals surface area contributed by atoms with Gasteiger partial charge in [0.15, 0.2) is 11.5 Å². The summed E-state index contributed by atoms with van der Waals surface area (Å²) in [6.45, 7) is 0.507. The van der Waals surface area contributed by atoms with Gasteiger partial charge in [-0.2, -0.15) is 0 Å². The molecule has 0 saturated carbocycles. The van der Waals surface area contributed by atoms with Crippen LogP contribution >= 0.6 is 12.4 Å². The van der Waals surface area contributed by atoms with Crippen LogP contribution in [0.4, 0.5) is 0 Å². The molecule has 17 heavy (non-hydrogen) atoms. The van der Waals surface area contributed by atoms with Crippen LogP contribution in [0.2, 0.25) is 0 Å². The van der Waals surface area contributed by atoms with Gasteiger partial charge in [0.1, 0.15) is 0 Å². The fourth-order valence-corrected chi connectivity index (χ4v) is 1.47. The topological polar surface area (TPSA) is 90.7 Å². The Morgan fingerprint density at radius 3 is 2.06 bits per heavy atom. The molecule has 0 aromatic heterocycles. The molecule has 0 fully saturated rings. The van der Waals surface area contributed by atoms with Gasteiger partial charge in [0.25, 0.3) is 0 Å². The largest absolute Gasteiger partial charge is 0.502 e. The van der Waals surface area contributed by atoms with Gasteiger partial charge in [-0.1, -0.05) is 0 Å². The van der Waals surface area contributed by atoms with Gasteiger partial charge in [-0.3, -0.25) is 0 Å². The summed E-state index contributed by atoms with van der Waals surface area (Å²) in [6, 6.07) is 3.20. The summed E-state index contributed by atoms with van der Waals surface area (Å²) in [5.41, 5.74) is 12.2. The van der Waals surface area contributed by atoms with Gasteiger partial charge in [0.05, 0.1) is 14.2 Å². The molecule has 0 radical (unpaired) electrons. The van der Waals surface area contributed by atoms with E-state index in [0.717, 1.165) is 5.56 Å². The zero-order chi connectivity index (χ0) is 12.1. The summed E-state index contributed by atoms with van der Waals surface area (Å²) in [7, 11) is 2.96. The zero-order valence-corrected chi connectivity index (χ0v) is 10.8. The fraction of sp³-hybridized carbons (Fsp3) is 0.455. The van der Waals surface area contributed by atoms with Crippen LogP contribution in [0.1, 0.15) is 18.0 Å². The Balaban J connectivity index is 0.00000256. The number of aromatic hydroxyl groups is 1. The second-order valence-electron chi connectivity index (χ2n) is 3.46. The molecule has 0 amide bonds. The Morgan fingerprint density at radius 2 is 1.71 bits per heavy atom. The highest BCUT2D eigenvalue weighted by atomic mass is 35.5. The summed E-state index contributed by atoms with van der Waals surface area (Å²) in [5.74, 6) is 0.678. The number of hydrogen-bond donors (Lipinski definition) is 3. The predicted octanol–water partition coefficient (Wildman–Crippen LogP) is 1.18. The highest BCUT2D eigenvalue weighted by Crippen LogP contribution is 2.38. The van der Waals surface area contributed by atoms with Crippen LogP contribution in [0.3, 0.4) is 0 Å². The first kappa shape index (κ1) is 15.8. The van der Waals surface area contributed by atoms with Crippen LogP contribution in [0.15, 0.2) is 12.1 Å². The number of rotatable bonds is 5. The fourth-order valence-electron chi connectivity index (χ4n) is 1.47. The van der Waals surface area contributed by atoms with Crippen molar-refractivity contribution in [2.45, 2.75) is 12.5 Å². The van der Waals surface area contributed by atoms with Gasteiger partial charge < -0.3 is 26.0 Å². The van der Waals surface area contributed by atoms with Crippen molar-refractivity contribution in [1.29, 1.82) is 0 Å². The number of phenols is 1. The smallest absolute Gasteiger partial charge is 0.200 e. The van der Waals surface area contributed by atoms with Gasteiger partial charge in [-0.05, 0) is 30.7 Å². The Kier molecular flexibility index (Phi) is 6.72. The Bertz CT molecular complexity index is 336. The summed E-state index contributed by atoms with van der Waals surface area (Å²) in [5, 5.41) is 9.71. The standard InChI is InChI=1S/C11H18N2O3.ClH/c1-15-9-5-7(8(13)3-4-12)6-10(16-2)11(9)14;/h5-6,8,14H,3-4,12-13H2,1-2H3;1H/t8-;/m1./s1. The highest BCUT2D eigenvalue weighted by molar-refractivity contribution is 5.85. The number of phenolic OH excluding ortho intramolecular Hbond substituents is 1. The Labute approximate surface area is 107 Å². The van der Waals surface area contributed by atoms with Crippen molar-refractivity contribution in [2.75, 3.05) is 20.8 Å². The predicted molar refractivity (Wildman–Crippen MR) is 69.1 cm³/mol. The molecular weight excluding hydrogens is 244 g/mol. The third kappa shape index (κ3) is 3.66. The third-order valence-corrected chi connectivity index (χ3v) is 2.41. The lowest BCUT2D eigenvalue weighted by molar-refractivity contribution is 0.338. The molecule has 0 saturated heterocycles. The van der Waals surface area contributed by atoms with Gasteiger partial charge >= 0.3 is 0 Å². The van der Waals surface area contributed by atoms with Crippen LogP contribution < -0.4 is 20.9 Å². The van der Waals surface area contributed by atoms with Crippen LogP contribution in [-0.4, -0.2) is 25.9 Å². The molecule has 5 nitrogen and oxygen atoms in total. The third-order valence-electron chi connectivity index (χ3n) is 2.41. The average molecular weight is 263 g/mol. The summed E-state index contributed by atoms with van der Waals surface area (Å²) < 4.78 is 10.1. The van der Waals surface area contributed by atoms with E-state index in [2.05, 4.69) is 0 Å². The molecule has 1 atom stereocenters. The minimum Gasteiger partial charge on any atom is -0.502 e. The van der Waals surface area contributed by atoms with E-state index in [1.165, 1.54) is 14.2 Å². The van der Waals surface area contributed by atoms with E-state index < -0.39 is 0 Å². The minimum atomic E-state index is -0.187. The molecule has 1 aromatic rings. The lowest BCUT2D eigenvalue weighted by atomic mass is 10.0. The Morgan fingerprint density at radius 1 is 1.24 bits per heavy atom. The highest BCUT2D eigenvalue weighted by Gasteiger charge is 2.14. The first-order valence-electron chi connectivity index (χ1n) is 5.04. The van der Waals surface area contributed by atoms with Gasteiger partial charge in [0, 0.05) is 6.04 Å². The molecule has 0 aliphatic carbocycles. The quantitative estimate of drug-likeness (QED) is 0.741. The van der Waals surface area contributed by atoms with Crippen molar-refractivity contribution < 1.29 is 14.6 Å². The maximum absolute atomic E-state index is 9.71. The van der Waals surface area contributed by atoms with E-state index in [1.807, 2.05) is 0 Å². The number of nitrogens with two attached hydrogens (primary N) is 2. The Hall–Kier alpha value is -1.17. The van der Waals surface area contributed by atoms with Crippen molar-refractivity contribution in [3.8, 4) is 17.2 Å². The molecule has 5 N–H and O–H groups in total. The van der Waals surface area contributed by atoms with Crippen LogP contribution in [0.5, 0.6) is 17.2 Å². The van der Waals surface area contributed by atoms with Crippen LogP contribution in [0.25, 0.3) is 0 Å². The second kappa shape index (κ2) is 7.21. The molecular formula is C11H19ClN2O3. The molecule has 0 bridgehead atoms. The average Bonchev–Trinajstić information content (AvgIpc) is 2.29. The number of hydrogen-bond acceptors (Lipinski definition) is 5. The first-order valence-corrected chi connectivity index (χ1v) is 5.04. The number of methoxy groups -OCH3 is 2. The van der Waals surface area contributed by atoms with E-state index in [-0.39, 0.29) is 24.2 Å². The minimum absolute atomic E-state index is 0. The second-order valence-corrected chi connectivity index (χ2v) is 3.46. The van der Waals surface area contributed by atoms with E-state index in [1.54, 1.807) is 12.1 Å². The molecule has 0 aliphatic heterocycles. The maximum Gasteiger partial charge on any atom is 0.200 e. The van der Waals surface area contributed by atoms with Crippen LogP contribution in [0, 0.1) is 0 Å². The SMILES string of the molecule is COc1cc([C@H](N)CCN)cc(OC)c1O.Cl. The summed E-state index contributed by atoms with van der Waals surface area (Å²) in [6.07, 6.45) is 0.664. The summed E-state index contributed by atoms with van der Waals surface area (Å²) in [4.78, 5) is 0. The lowest BCUT2D eigenvalue weighted by Gasteiger charge is -2.15. The van der Waals surface area contributed by atoms with Gasteiger partial charge in [-0.25, -0.2) is 0 Å². The molecule has 0 spiro atoms. The molecule has 6 heteroatoms. The molecule has 1 rings (SSSR count). The van der Waals surface area contributed by atoms with E-state index in [9.17, 15) is 5.11 Å². The van der Waals surface area contributed by atoms with E-state index >= 15 is 0 Å². The number of halogens is 1. The molecule has 0 aliphatic rings. The first-order chi connectivity index (χ1) is 7.63. The zero-order valence-electron chi connectivity index (χ0n) is 9.97. The lowest BCUT2D eigenvalue weighted by Crippen LogP contribution is -2.15. The maximum atomic E-state index is 9.71. The van der Waals surface area contributed by atoms with Crippen molar-refractivity contribution in [3.63, 3.8) is 0 Å². The van der Waals surface area contributed by atoms with Gasteiger partial charge in [-0.15, -0.1) is 12.4 Å². The number of ether oxygens (including phenoxy) is 2. The van der Waals surface area contributed by atoms with E-state index in [4.69, 9.17) is 20.9 Å². The normalized spacial score (nSPS) is 11.5. The molecule has 0 unspecified atom stereocenters. The molecule has 0 heterocycles. The van der Waals surface area contributed by atoms with E-state index in [0.29, 0.717) is 24.5 Å². The van der Waals surface area contributed by atoms with Gasteiger partial charge in [0.2, 0.25) is 5.75 Å². The van der Waals surface area contributed by atoms with Crippen molar-refractivity contribution in [3.05, 3.63) is 17.7 Å².